The highest BCUT2D eigenvalue weighted by atomic mass is 16.5. The minimum atomic E-state index is 0.167. The van der Waals surface area contributed by atoms with Crippen LogP contribution in [0.1, 0.15) is 24.1 Å². The maximum Gasteiger partial charge on any atom is 0.160 e. The predicted molar refractivity (Wildman–Crippen MR) is 99.0 cm³/mol. The quantitative estimate of drug-likeness (QED) is 0.790. The number of ether oxygens (including phenoxy) is 1. The molecular weight excluding hydrogens is 326 g/mol. The lowest BCUT2D eigenvalue weighted by atomic mass is 10.0. The molecule has 2 aliphatic heterocycles. The minimum Gasteiger partial charge on any atom is -0.488 e. The fourth-order valence-electron chi connectivity index (χ4n) is 3.89. The molecule has 4 heterocycles. The van der Waals surface area contributed by atoms with Gasteiger partial charge in [0.25, 0.3) is 0 Å². The summed E-state index contributed by atoms with van der Waals surface area (Å²) in [6, 6.07) is 10.5. The van der Waals surface area contributed by atoms with Gasteiger partial charge in [-0.25, -0.2) is 4.98 Å². The highest BCUT2D eigenvalue weighted by Crippen LogP contribution is 2.28. The topological polar surface area (TPSA) is 56.9 Å². The normalized spacial score (nSPS) is 19.3. The van der Waals surface area contributed by atoms with Crippen molar-refractivity contribution in [1.82, 2.24) is 24.6 Å². The molecule has 6 heteroatoms. The van der Waals surface area contributed by atoms with Gasteiger partial charge in [-0.1, -0.05) is 18.2 Å². The van der Waals surface area contributed by atoms with Crippen LogP contribution in [0, 0.1) is 0 Å². The van der Waals surface area contributed by atoms with E-state index in [1.54, 1.807) is 0 Å². The second-order valence-corrected chi connectivity index (χ2v) is 7.06. The highest BCUT2D eigenvalue weighted by Gasteiger charge is 2.22. The molecule has 26 heavy (non-hydrogen) atoms. The van der Waals surface area contributed by atoms with Gasteiger partial charge in [-0.15, -0.1) is 0 Å². The van der Waals surface area contributed by atoms with Gasteiger partial charge in [0.1, 0.15) is 17.5 Å². The van der Waals surface area contributed by atoms with Gasteiger partial charge in [0.05, 0.1) is 12.2 Å². The number of aromatic nitrogens is 4. The molecule has 0 amide bonds. The van der Waals surface area contributed by atoms with Crippen molar-refractivity contribution < 1.29 is 4.74 Å². The molecule has 134 valence electrons. The third kappa shape index (κ3) is 2.90. The van der Waals surface area contributed by atoms with E-state index in [2.05, 4.69) is 43.8 Å². The Bertz CT molecular complexity index is 889. The summed E-state index contributed by atoms with van der Waals surface area (Å²) < 4.78 is 10.5. The highest BCUT2D eigenvalue weighted by molar-refractivity contribution is 5.50. The van der Waals surface area contributed by atoms with Crippen molar-refractivity contribution in [3.05, 3.63) is 54.0 Å². The lowest BCUT2D eigenvalue weighted by Gasteiger charge is -2.26. The molecule has 5 rings (SSSR count). The first-order valence-electron chi connectivity index (χ1n) is 9.40. The van der Waals surface area contributed by atoms with Crippen LogP contribution in [0.2, 0.25) is 0 Å². The van der Waals surface area contributed by atoms with Crippen LogP contribution < -0.4 is 10.1 Å². The second kappa shape index (κ2) is 6.61. The molecule has 0 radical (unpaired) electrons. The van der Waals surface area contributed by atoms with Gasteiger partial charge in [-0.3, -0.25) is 4.68 Å². The van der Waals surface area contributed by atoms with Crippen molar-refractivity contribution >= 4 is 0 Å². The zero-order chi connectivity index (χ0) is 17.3. The average Bonchev–Trinajstić information content (AvgIpc) is 3.23. The summed E-state index contributed by atoms with van der Waals surface area (Å²) in [7, 11) is 0. The van der Waals surface area contributed by atoms with Crippen molar-refractivity contribution in [2.24, 2.45) is 0 Å². The summed E-state index contributed by atoms with van der Waals surface area (Å²) in [5, 5.41) is 8.24. The predicted octanol–water partition coefficient (Wildman–Crippen LogP) is 2.63. The van der Waals surface area contributed by atoms with E-state index in [1.807, 2.05) is 18.5 Å². The number of para-hydroxylation sites is 1. The molecule has 1 atom stereocenters. The van der Waals surface area contributed by atoms with Crippen LogP contribution in [-0.4, -0.2) is 32.0 Å². The smallest absolute Gasteiger partial charge is 0.160 e. The van der Waals surface area contributed by atoms with Crippen molar-refractivity contribution in [2.45, 2.75) is 45.0 Å². The summed E-state index contributed by atoms with van der Waals surface area (Å²) >= 11 is 0. The van der Waals surface area contributed by atoms with Gasteiger partial charge >= 0.3 is 0 Å². The lowest BCUT2D eigenvalue weighted by Crippen LogP contribution is -2.27. The Balaban J connectivity index is 1.37. The molecule has 2 aliphatic rings. The summed E-state index contributed by atoms with van der Waals surface area (Å²) in [6.45, 7) is 3.68. The molecule has 0 aliphatic carbocycles. The van der Waals surface area contributed by atoms with E-state index in [0.29, 0.717) is 0 Å². The Morgan fingerprint density at radius 1 is 1.27 bits per heavy atom. The Morgan fingerprint density at radius 2 is 2.23 bits per heavy atom. The van der Waals surface area contributed by atoms with Crippen molar-refractivity contribution in [3.63, 3.8) is 0 Å². The van der Waals surface area contributed by atoms with E-state index in [9.17, 15) is 0 Å². The van der Waals surface area contributed by atoms with Crippen LogP contribution in [0.4, 0.5) is 0 Å². The number of nitrogens with zero attached hydrogens (tertiary/aromatic N) is 4. The first-order chi connectivity index (χ1) is 12.9. The minimum absolute atomic E-state index is 0.167. The summed E-state index contributed by atoms with van der Waals surface area (Å²) in [6.07, 6.45) is 7.25. The fourth-order valence-corrected chi connectivity index (χ4v) is 3.89. The van der Waals surface area contributed by atoms with Crippen molar-refractivity contribution in [1.29, 1.82) is 0 Å². The third-order valence-electron chi connectivity index (χ3n) is 5.24. The monoisotopic (exact) mass is 349 g/mol. The number of aryl methyl sites for hydroxylation is 2. The van der Waals surface area contributed by atoms with Gasteiger partial charge < -0.3 is 14.6 Å². The van der Waals surface area contributed by atoms with E-state index in [-0.39, 0.29) is 6.10 Å². The number of hydrogen-bond acceptors (Lipinski definition) is 4. The Labute approximate surface area is 152 Å². The zero-order valence-corrected chi connectivity index (χ0v) is 14.8. The van der Waals surface area contributed by atoms with Gasteiger partial charge in [-0.2, -0.15) is 5.10 Å². The van der Waals surface area contributed by atoms with Crippen LogP contribution >= 0.6 is 0 Å². The Kier molecular flexibility index (Phi) is 3.97. The Morgan fingerprint density at radius 3 is 3.23 bits per heavy atom. The molecule has 0 saturated heterocycles. The van der Waals surface area contributed by atoms with Crippen LogP contribution in [0.5, 0.6) is 5.75 Å². The Hall–Kier alpha value is -2.60. The molecule has 2 aromatic heterocycles. The molecule has 0 bridgehead atoms. The SMILES string of the molecule is c1ccc2c(c1)CCC(Cn1ccnc1-c1cc3n(n1)CCCNC3)O2. The largest absolute Gasteiger partial charge is 0.488 e. The molecule has 0 fully saturated rings. The van der Waals surface area contributed by atoms with Gasteiger partial charge in [-0.05, 0) is 43.5 Å². The number of imidazole rings is 1. The van der Waals surface area contributed by atoms with E-state index in [0.717, 1.165) is 62.7 Å². The van der Waals surface area contributed by atoms with Gasteiger partial charge in [0.15, 0.2) is 5.82 Å². The second-order valence-electron chi connectivity index (χ2n) is 7.06. The van der Waals surface area contributed by atoms with E-state index >= 15 is 0 Å². The maximum absolute atomic E-state index is 6.21. The molecule has 1 N–H and O–H groups in total. The number of hydrogen-bond donors (Lipinski definition) is 1. The van der Waals surface area contributed by atoms with Gasteiger partial charge in [0.2, 0.25) is 0 Å². The molecular formula is C20H23N5O. The third-order valence-corrected chi connectivity index (χ3v) is 5.24. The van der Waals surface area contributed by atoms with Crippen LogP contribution in [0.15, 0.2) is 42.7 Å². The van der Waals surface area contributed by atoms with Gasteiger partial charge in [0, 0.05) is 25.5 Å². The molecule has 1 unspecified atom stereocenters. The number of rotatable bonds is 3. The molecule has 1 aromatic carbocycles. The van der Waals surface area contributed by atoms with E-state index in [1.165, 1.54) is 11.3 Å². The molecule has 3 aromatic rings. The van der Waals surface area contributed by atoms with Crippen molar-refractivity contribution in [2.75, 3.05) is 6.54 Å². The van der Waals surface area contributed by atoms with Crippen molar-refractivity contribution in [3.8, 4) is 17.3 Å². The first kappa shape index (κ1) is 15.6. The molecule has 0 saturated carbocycles. The lowest BCUT2D eigenvalue weighted by molar-refractivity contribution is 0.154. The maximum atomic E-state index is 6.21. The van der Waals surface area contributed by atoms with Crippen LogP contribution in [0.3, 0.4) is 0 Å². The summed E-state index contributed by atoms with van der Waals surface area (Å²) in [5.74, 6) is 1.94. The number of benzene rings is 1. The average molecular weight is 349 g/mol. The molecule has 0 spiro atoms. The first-order valence-corrected chi connectivity index (χ1v) is 9.40. The van der Waals surface area contributed by atoms with Crippen LogP contribution in [0.25, 0.3) is 11.5 Å². The zero-order valence-electron chi connectivity index (χ0n) is 14.8. The molecule has 6 nitrogen and oxygen atoms in total. The summed E-state index contributed by atoms with van der Waals surface area (Å²) in [5.41, 5.74) is 3.49. The number of nitrogens with one attached hydrogen (secondary N) is 1. The van der Waals surface area contributed by atoms with E-state index < -0.39 is 0 Å². The standard InChI is InChI=1S/C20H23N5O/c1-2-5-19-15(4-1)6-7-17(26-19)14-24-11-9-22-20(24)18-12-16-13-21-8-3-10-25(16)23-18/h1-2,4-5,9,11-12,17,21H,3,6-8,10,13-14H2. The number of fused-ring (bicyclic) bond motifs is 2. The van der Waals surface area contributed by atoms with E-state index in [4.69, 9.17) is 9.84 Å². The fraction of sp³-hybridized carbons (Fsp3) is 0.400. The van der Waals surface area contributed by atoms with Crippen LogP contribution in [-0.2, 0) is 26.1 Å². The summed E-state index contributed by atoms with van der Waals surface area (Å²) in [4.78, 5) is 4.57.